The smallest absolute Gasteiger partial charge is 0.115 e. The van der Waals surface area contributed by atoms with Gasteiger partial charge in [0.1, 0.15) is 5.75 Å². The Morgan fingerprint density at radius 3 is 2.12 bits per heavy atom. The fourth-order valence-electron chi connectivity index (χ4n) is 1.65. The van der Waals surface area contributed by atoms with Gasteiger partial charge in [0, 0.05) is 6.42 Å². The fourth-order valence-corrected chi connectivity index (χ4v) is 1.65. The zero-order chi connectivity index (χ0) is 11.4. The lowest BCUT2D eigenvalue weighted by atomic mass is 10.0. The summed E-state index contributed by atoms with van der Waals surface area (Å²) >= 11 is 0. The molecule has 0 aromatic heterocycles. The first-order valence-electron chi connectivity index (χ1n) is 5.26. The molecule has 0 saturated heterocycles. The number of benzene rings is 2. The lowest BCUT2D eigenvalue weighted by molar-refractivity contribution is 0.178. The number of hydrogen-bond acceptors (Lipinski definition) is 2. The molecule has 2 N–H and O–H groups in total. The van der Waals surface area contributed by atoms with Crippen molar-refractivity contribution in [3.8, 4) is 5.75 Å². The molecule has 2 aromatic rings. The van der Waals surface area contributed by atoms with Gasteiger partial charge in [-0.05, 0) is 23.3 Å². The summed E-state index contributed by atoms with van der Waals surface area (Å²) < 4.78 is 0. The predicted molar refractivity (Wildman–Crippen MR) is 63.2 cm³/mol. The Hall–Kier alpha value is -1.80. The molecule has 0 aliphatic heterocycles. The van der Waals surface area contributed by atoms with E-state index in [4.69, 9.17) is 5.11 Å². The molecular formula is C14H14O2. The van der Waals surface area contributed by atoms with Crippen molar-refractivity contribution >= 4 is 0 Å². The molecule has 0 aliphatic rings. The molecule has 0 saturated carbocycles. The normalized spacial score (nSPS) is 12.3. The number of phenolic OH excluding ortho intramolecular Hbond substituents is 1. The van der Waals surface area contributed by atoms with Crippen LogP contribution in [0.15, 0.2) is 54.6 Å². The van der Waals surface area contributed by atoms with Crippen LogP contribution in [0.25, 0.3) is 0 Å². The highest BCUT2D eigenvalue weighted by Gasteiger charge is 2.07. The van der Waals surface area contributed by atoms with Gasteiger partial charge < -0.3 is 10.2 Å². The molecule has 16 heavy (non-hydrogen) atoms. The Labute approximate surface area is 94.8 Å². The van der Waals surface area contributed by atoms with Gasteiger partial charge in [-0.25, -0.2) is 0 Å². The van der Waals surface area contributed by atoms with E-state index in [1.165, 1.54) is 0 Å². The van der Waals surface area contributed by atoms with Crippen LogP contribution in [0.3, 0.4) is 0 Å². The van der Waals surface area contributed by atoms with Gasteiger partial charge in [0.15, 0.2) is 0 Å². The summed E-state index contributed by atoms with van der Waals surface area (Å²) in [7, 11) is 0. The first kappa shape index (κ1) is 10.7. The molecule has 2 nitrogen and oxygen atoms in total. The molecule has 1 atom stereocenters. The van der Waals surface area contributed by atoms with Crippen molar-refractivity contribution in [2.24, 2.45) is 0 Å². The minimum absolute atomic E-state index is 0.218. The summed E-state index contributed by atoms with van der Waals surface area (Å²) in [6.07, 6.45) is 0.0639. The number of phenols is 1. The third-order valence-corrected chi connectivity index (χ3v) is 2.55. The first-order chi connectivity index (χ1) is 7.75. The third-order valence-electron chi connectivity index (χ3n) is 2.55. The maximum atomic E-state index is 9.98. The van der Waals surface area contributed by atoms with Crippen LogP contribution in [0, 0.1) is 0 Å². The second-order valence-corrected chi connectivity index (χ2v) is 3.80. The van der Waals surface area contributed by atoms with Crippen LogP contribution in [-0.2, 0) is 6.42 Å². The summed E-state index contributed by atoms with van der Waals surface area (Å²) in [6, 6.07) is 16.5. The van der Waals surface area contributed by atoms with E-state index < -0.39 is 6.10 Å². The Kier molecular flexibility index (Phi) is 3.22. The summed E-state index contributed by atoms with van der Waals surface area (Å²) in [5.41, 5.74) is 1.92. The fraction of sp³-hybridized carbons (Fsp3) is 0.143. The summed E-state index contributed by atoms with van der Waals surface area (Å²) in [6.45, 7) is 0. The van der Waals surface area contributed by atoms with Crippen LogP contribution in [0.2, 0.25) is 0 Å². The molecular weight excluding hydrogens is 200 g/mol. The zero-order valence-electron chi connectivity index (χ0n) is 8.88. The third kappa shape index (κ3) is 2.61. The minimum atomic E-state index is -0.525. The van der Waals surface area contributed by atoms with Crippen LogP contribution in [0.4, 0.5) is 0 Å². The average molecular weight is 214 g/mol. The van der Waals surface area contributed by atoms with Gasteiger partial charge in [-0.2, -0.15) is 0 Å². The zero-order valence-corrected chi connectivity index (χ0v) is 8.88. The van der Waals surface area contributed by atoms with Gasteiger partial charge in [0.05, 0.1) is 6.10 Å². The number of hydrogen-bond donors (Lipinski definition) is 2. The molecule has 0 unspecified atom stereocenters. The monoisotopic (exact) mass is 214 g/mol. The molecule has 2 heteroatoms. The van der Waals surface area contributed by atoms with E-state index in [0.717, 1.165) is 11.1 Å². The SMILES string of the molecule is Oc1ccc([C@@H](O)Cc2ccccc2)cc1. The van der Waals surface area contributed by atoms with Crippen LogP contribution < -0.4 is 0 Å². The molecule has 0 radical (unpaired) electrons. The molecule has 0 spiro atoms. The van der Waals surface area contributed by atoms with Crippen molar-refractivity contribution in [1.82, 2.24) is 0 Å². The van der Waals surface area contributed by atoms with Crippen molar-refractivity contribution in [1.29, 1.82) is 0 Å². The second-order valence-electron chi connectivity index (χ2n) is 3.80. The number of aliphatic hydroxyl groups excluding tert-OH is 1. The van der Waals surface area contributed by atoms with E-state index in [1.54, 1.807) is 24.3 Å². The molecule has 0 amide bonds. The summed E-state index contributed by atoms with van der Waals surface area (Å²) in [5, 5.41) is 19.1. The molecule has 0 fully saturated rings. The molecule has 2 aromatic carbocycles. The molecule has 0 aliphatic carbocycles. The highest BCUT2D eigenvalue weighted by atomic mass is 16.3. The average Bonchev–Trinajstić information content (AvgIpc) is 2.31. The van der Waals surface area contributed by atoms with E-state index in [2.05, 4.69) is 0 Å². The van der Waals surface area contributed by atoms with Gasteiger partial charge >= 0.3 is 0 Å². The van der Waals surface area contributed by atoms with E-state index in [1.807, 2.05) is 30.3 Å². The van der Waals surface area contributed by atoms with Gasteiger partial charge in [-0.3, -0.25) is 0 Å². The molecule has 0 bridgehead atoms. The van der Waals surface area contributed by atoms with Crippen molar-refractivity contribution in [3.63, 3.8) is 0 Å². The molecule has 82 valence electrons. The van der Waals surface area contributed by atoms with E-state index in [9.17, 15) is 5.11 Å². The Morgan fingerprint density at radius 1 is 0.875 bits per heavy atom. The highest BCUT2D eigenvalue weighted by molar-refractivity contribution is 5.28. The highest BCUT2D eigenvalue weighted by Crippen LogP contribution is 2.20. The van der Waals surface area contributed by atoms with E-state index >= 15 is 0 Å². The topological polar surface area (TPSA) is 40.5 Å². The number of aliphatic hydroxyl groups is 1. The Balaban J connectivity index is 2.09. The summed E-state index contributed by atoms with van der Waals surface area (Å²) in [4.78, 5) is 0. The van der Waals surface area contributed by atoms with Crippen molar-refractivity contribution < 1.29 is 10.2 Å². The standard InChI is InChI=1S/C14H14O2/c15-13-8-6-12(7-9-13)14(16)10-11-4-2-1-3-5-11/h1-9,14-16H,10H2/t14-/m0/s1. The maximum Gasteiger partial charge on any atom is 0.115 e. The van der Waals surface area contributed by atoms with E-state index in [0.29, 0.717) is 6.42 Å². The minimum Gasteiger partial charge on any atom is -0.508 e. The Bertz CT molecular complexity index is 434. The first-order valence-corrected chi connectivity index (χ1v) is 5.26. The van der Waals surface area contributed by atoms with Crippen LogP contribution in [-0.4, -0.2) is 10.2 Å². The van der Waals surface area contributed by atoms with Gasteiger partial charge in [-0.1, -0.05) is 42.5 Å². The van der Waals surface area contributed by atoms with Crippen molar-refractivity contribution in [2.45, 2.75) is 12.5 Å². The van der Waals surface area contributed by atoms with Crippen LogP contribution in [0.5, 0.6) is 5.75 Å². The van der Waals surface area contributed by atoms with Crippen molar-refractivity contribution in [2.75, 3.05) is 0 Å². The van der Waals surface area contributed by atoms with Crippen molar-refractivity contribution in [3.05, 3.63) is 65.7 Å². The maximum absolute atomic E-state index is 9.98. The quantitative estimate of drug-likeness (QED) is 0.824. The largest absolute Gasteiger partial charge is 0.508 e. The predicted octanol–water partition coefficient (Wildman–Crippen LogP) is 2.67. The Morgan fingerprint density at radius 2 is 1.50 bits per heavy atom. The van der Waals surface area contributed by atoms with Gasteiger partial charge in [0.25, 0.3) is 0 Å². The summed E-state index contributed by atoms with van der Waals surface area (Å²) in [5.74, 6) is 0.218. The lowest BCUT2D eigenvalue weighted by Gasteiger charge is -2.10. The van der Waals surface area contributed by atoms with Gasteiger partial charge in [-0.15, -0.1) is 0 Å². The van der Waals surface area contributed by atoms with Gasteiger partial charge in [0.2, 0.25) is 0 Å². The number of rotatable bonds is 3. The molecule has 2 rings (SSSR count). The van der Waals surface area contributed by atoms with Crippen LogP contribution in [0.1, 0.15) is 17.2 Å². The number of aromatic hydroxyl groups is 1. The lowest BCUT2D eigenvalue weighted by Crippen LogP contribution is -2.01. The van der Waals surface area contributed by atoms with E-state index in [-0.39, 0.29) is 5.75 Å². The second kappa shape index (κ2) is 4.81. The molecule has 0 heterocycles. The van der Waals surface area contributed by atoms with Crippen LogP contribution >= 0.6 is 0 Å².